The molecule has 0 aliphatic carbocycles. The fraction of sp³-hybridized carbons (Fsp3) is 0.538. The highest BCUT2D eigenvalue weighted by Gasteiger charge is 2.33. The number of piperazine rings is 1. The molecule has 3 heterocycles. The van der Waals surface area contributed by atoms with Crippen molar-refractivity contribution in [2.75, 3.05) is 37.6 Å². The molecule has 2 aliphatic rings. The first kappa shape index (κ1) is 24.0. The van der Waals surface area contributed by atoms with E-state index in [-0.39, 0.29) is 23.9 Å². The van der Waals surface area contributed by atoms with Crippen molar-refractivity contribution in [3.8, 4) is 6.07 Å². The Morgan fingerprint density at radius 1 is 1.09 bits per heavy atom. The molecule has 2 aromatic rings. The van der Waals surface area contributed by atoms with Crippen molar-refractivity contribution in [3.05, 3.63) is 54.1 Å². The van der Waals surface area contributed by atoms with E-state index < -0.39 is 0 Å². The zero-order chi connectivity index (χ0) is 23.9. The van der Waals surface area contributed by atoms with E-state index in [2.05, 4.69) is 69.3 Å². The lowest BCUT2D eigenvalue weighted by Crippen LogP contribution is -2.61. The molecule has 4 rings (SSSR count). The normalized spacial score (nSPS) is 21.8. The second-order valence-electron chi connectivity index (χ2n) is 9.61. The molecule has 2 fully saturated rings. The van der Waals surface area contributed by atoms with Gasteiger partial charge in [-0.1, -0.05) is 30.3 Å². The number of nitriles is 1. The highest BCUT2D eigenvalue weighted by atomic mass is 16.2. The number of hydrogen-bond acceptors (Lipinski definition) is 6. The molecule has 2 aliphatic heterocycles. The van der Waals surface area contributed by atoms with Gasteiger partial charge in [-0.25, -0.2) is 14.8 Å². The number of rotatable bonds is 6. The number of nitrogens with one attached hydrogen (secondary N) is 1. The molecule has 8 nitrogen and oxygen atoms in total. The van der Waals surface area contributed by atoms with Crippen LogP contribution in [-0.4, -0.2) is 70.6 Å². The minimum Gasteiger partial charge on any atom is -0.365 e. The van der Waals surface area contributed by atoms with Gasteiger partial charge < -0.3 is 15.1 Å². The van der Waals surface area contributed by atoms with Crippen LogP contribution in [0.1, 0.15) is 44.5 Å². The third kappa shape index (κ3) is 6.03. The molecule has 0 bridgehead atoms. The number of likely N-dealkylation sites (tertiary alicyclic amines) is 1. The van der Waals surface area contributed by atoms with Crippen LogP contribution in [-0.2, 0) is 6.54 Å². The monoisotopic (exact) mass is 461 g/mol. The topological polar surface area (TPSA) is 88.4 Å². The Kier molecular flexibility index (Phi) is 7.96. The largest absolute Gasteiger partial charge is 0.365 e. The molecule has 0 radical (unpaired) electrons. The predicted octanol–water partition coefficient (Wildman–Crippen LogP) is 3.26. The van der Waals surface area contributed by atoms with Crippen molar-refractivity contribution in [1.29, 1.82) is 5.26 Å². The zero-order valence-corrected chi connectivity index (χ0v) is 20.2. The Labute approximate surface area is 202 Å². The molecule has 1 N–H and O–H groups in total. The zero-order valence-electron chi connectivity index (χ0n) is 20.2. The minimum absolute atomic E-state index is 0.0252. The maximum Gasteiger partial charge on any atom is 0.318 e. The first-order valence-electron chi connectivity index (χ1n) is 12.3. The molecule has 2 saturated heterocycles. The van der Waals surface area contributed by atoms with Crippen LogP contribution in [0, 0.1) is 17.2 Å². The van der Waals surface area contributed by atoms with E-state index in [9.17, 15) is 4.79 Å². The van der Waals surface area contributed by atoms with Gasteiger partial charge >= 0.3 is 6.03 Å². The van der Waals surface area contributed by atoms with Crippen LogP contribution in [0.15, 0.2) is 42.7 Å². The molecule has 2 amide bonds. The molecule has 2 unspecified atom stereocenters. The second-order valence-corrected chi connectivity index (χ2v) is 9.61. The quantitative estimate of drug-likeness (QED) is 0.710. The molecule has 0 spiro atoms. The summed E-state index contributed by atoms with van der Waals surface area (Å²) in [5.41, 5.74) is 2.26. The first-order chi connectivity index (χ1) is 16.5. The van der Waals surface area contributed by atoms with Crippen molar-refractivity contribution in [3.63, 3.8) is 0 Å². The molecular formula is C26H35N7O. The van der Waals surface area contributed by atoms with Gasteiger partial charge in [-0.05, 0) is 57.7 Å². The number of urea groups is 1. The van der Waals surface area contributed by atoms with Crippen molar-refractivity contribution in [1.82, 2.24) is 25.1 Å². The van der Waals surface area contributed by atoms with Crippen LogP contribution in [0.2, 0.25) is 0 Å². The molecule has 2 atom stereocenters. The van der Waals surface area contributed by atoms with Crippen molar-refractivity contribution >= 4 is 11.7 Å². The maximum atomic E-state index is 13.0. The number of hydrogen-bond donors (Lipinski definition) is 1. The molecule has 0 saturated carbocycles. The van der Waals surface area contributed by atoms with Gasteiger partial charge in [0.15, 0.2) is 0 Å². The van der Waals surface area contributed by atoms with Gasteiger partial charge in [0.1, 0.15) is 6.07 Å². The Hall–Kier alpha value is -3.18. The number of amides is 2. The Balaban J connectivity index is 1.19. The number of anilines is 1. The first-order valence-corrected chi connectivity index (χ1v) is 12.3. The molecule has 180 valence electrons. The molecule has 1 aromatic carbocycles. The standard InChI is InChI=1S/C26H35N7O/c1-20-17-32(24-15-29-25(14-27)30-16-24)18-21(2)33(20)26(34)28-11-8-22-9-12-31(13-10-22)19-23-6-4-3-5-7-23/h3-7,15-16,20-22H,8-13,17-19H2,1-2H3,(H,28,34). The predicted molar refractivity (Wildman–Crippen MR) is 132 cm³/mol. The summed E-state index contributed by atoms with van der Waals surface area (Å²) in [4.78, 5) is 27.8. The molecule has 34 heavy (non-hydrogen) atoms. The average Bonchev–Trinajstić information content (AvgIpc) is 2.85. The number of piperidine rings is 1. The van der Waals surface area contributed by atoms with Gasteiger partial charge in [0.25, 0.3) is 0 Å². The Bertz CT molecular complexity index is 955. The Morgan fingerprint density at radius 3 is 2.35 bits per heavy atom. The van der Waals surface area contributed by atoms with E-state index in [1.807, 2.05) is 11.0 Å². The van der Waals surface area contributed by atoms with E-state index in [0.29, 0.717) is 19.0 Å². The van der Waals surface area contributed by atoms with Crippen LogP contribution < -0.4 is 10.2 Å². The fourth-order valence-electron chi connectivity index (χ4n) is 5.23. The summed E-state index contributed by atoms with van der Waals surface area (Å²) in [5.74, 6) is 0.847. The number of benzene rings is 1. The maximum absolute atomic E-state index is 13.0. The molecule has 8 heteroatoms. The lowest BCUT2D eigenvalue weighted by Gasteiger charge is -2.45. The minimum atomic E-state index is 0.0252. The summed E-state index contributed by atoms with van der Waals surface area (Å²) in [6.07, 6.45) is 6.80. The number of carbonyl (C=O) groups is 1. The van der Waals surface area contributed by atoms with Gasteiger partial charge in [0.05, 0.1) is 18.1 Å². The SMILES string of the molecule is CC1CN(c2cnc(C#N)nc2)CC(C)N1C(=O)NCCC1CCN(Cc2ccccc2)CC1. The summed E-state index contributed by atoms with van der Waals surface area (Å²) in [5, 5.41) is 12.1. The van der Waals surface area contributed by atoms with Gasteiger partial charge in [-0.15, -0.1) is 0 Å². The van der Waals surface area contributed by atoms with Gasteiger partial charge in [0, 0.05) is 38.3 Å². The van der Waals surface area contributed by atoms with Crippen LogP contribution in [0.25, 0.3) is 0 Å². The summed E-state index contributed by atoms with van der Waals surface area (Å²) in [6, 6.07) is 12.8. The molecule has 1 aromatic heterocycles. The highest BCUT2D eigenvalue weighted by Crippen LogP contribution is 2.23. The van der Waals surface area contributed by atoms with E-state index in [0.717, 1.165) is 38.3 Å². The third-order valence-corrected chi connectivity index (χ3v) is 7.04. The van der Waals surface area contributed by atoms with Crippen molar-refractivity contribution < 1.29 is 4.79 Å². The van der Waals surface area contributed by atoms with E-state index in [1.165, 1.54) is 18.4 Å². The van der Waals surface area contributed by atoms with E-state index in [1.54, 1.807) is 12.4 Å². The Morgan fingerprint density at radius 2 is 1.74 bits per heavy atom. The summed E-state index contributed by atoms with van der Waals surface area (Å²) in [6.45, 7) is 9.60. The summed E-state index contributed by atoms with van der Waals surface area (Å²) >= 11 is 0. The van der Waals surface area contributed by atoms with Crippen LogP contribution in [0.5, 0.6) is 0 Å². The average molecular weight is 462 g/mol. The fourth-order valence-corrected chi connectivity index (χ4v) is 5.23. The highest BCUT2D eigenvalue weighted by molar-refractivity contribution is 5.75. The van der Waals surface area contributed by atoms with Crippen molar-refractivity contribution in [2.24, 2.45) is 5.92 Å². The van der Waals surface area contributed by atoms with Gasteiger partial charge in [-0.3, -0.25) is 4.90 Å². The van der Waals surface area contributed by atoms with E-state index >= 15 is 0 Å². The second kappa shape index (κ2) is 11.3. The van der Waals surface area contributed by atoms with Crippen molar-refractivity contribution in [2.45, 2.75) is 51.7 Å². The number of aromatic nitrogens is 2. The van der Waals surface area contributed by atoms with E-state index in [4.69, 9.17) is 5.26 Å². The number of carbonyl (C=O) groups excluding carboxylic acids is 1. The van der Waals surface area contributed by atoms with Crippen LogP contribution in [0.4, 0.5) is 10.5 Å². The van der Waals surface area contributed by atoms with Crippen LogP contribution in [0.3, 0.4) is 0 Å². The molecular weight excluding hydrogens is 426 g/mol. The lowest BCUT2D eigenvalue weighted by molar-refractivity contribution is 0.139. The lowest BCUT2D eigenvalue weighted by atomic mass is 9.93. The number of nitrogens with zero attached hydrogens (tertiary/aromatic N) is 6. The summed E-state index contributed by atoms with van der Waals surface area (Å²) < 4.78 is 0. The van der Waals surface area contributed by atoms with Gasteiger partial charge in [0.2, 0.25) is 5.82 Å². The van der Waals surface area contributed by atoms with Crippen LogP contribution >= 0.6 is 0 Å². The summed E-state index contributed by atoms with van der Waals surface area (Å²) in [7, 11) is 0. The van der Waals surface area contributed by atoms with Gasteiger partial charge in [-0.2, -0.15) is 5.26 Å². The third-order valence-electron chi connectivity index (χ3n) is 7.04. The smallest absolute Gasteiger partial charge is 0.318 e.